The molecule has 0 bridgehead atoms. The van der Waals surface area contributed by atoms with Crippen LogP contribution in [0.2, 0.25) is 0 Å². The van der Waals surface area contributed by atoms with Gasteiger partial charge in [-0.25, -0.2) is 8.42 Å². The van der Waals surface area contributed by atoms with E-state index in [1.807, 2.05) is 6.92 Å². The van der Waals surface area contributed by atoms with Crippen molar-refractivity contribution in [2.24, 2.45) is 0 Å². The molecule has 2 aliphatic heterocycles. The van der Waals surface area contributed by atoms with Gasteiger partial charge < -0.3 is 14.8 Å². The zero-order valence-corrected chi connectivity index (χ0v) is 13.5. The number of rotatable bonds is 3. The summed E-state index contributed by atoms with van der Waals surface area (Å²) in [5.41, 5.74) is -0.609. The molecule has 2 fully saturated rings. The maximum absolute atomic E-state index is 12.8. The number of aryl methyl sites for hydroxylation is 1. The van der Waals surface area contributed by atoms with Gasteiger partial charge in [0, 0.05) is 38.9 Å². The summed E-state index contributed by atoms with van der Waals surface area (Å²) in [6.45, 7) is 5.92. The molecule has 0 aromatic carbocycles. The first kappa shape index (κ1) is 15.9. The number of hydrogen-bond donors (Lipinski definition) is 1. The van der Waals surface area contributed by atoms with Crippen LogP contribution in [-0.4, -0.2) is 74.1 Å². The van der Waals surface area contributed by atoms with E-state index in [2.05, 4.69) is 10.4 Å². The molecule has 1 aromatic heterocycles. The second kappa shape index (κ2) is 6.25. The monoisotopic (exact) mass is 330 g/mol. The second-order valence-electron chi connectivity index (χ2n) is 5.63. The van der Waals surface area contributed by atoms with Crippen LogP contribution in [0.3, 0.4) is 0 Å². The largest absolute Gasteiger partial charge is 0.377 e. The van der Waals surface area contributed by atoms with Crippen LogP contribution in [0, 0.1) is 0 Å². The number of aromatic nitrogens is 2. The number of nitrogens with zero attached hydrogens (tertiary/aromatic N) is 3. The second-order valence-corrected chi connectivity index (χ2v) is 7.57. The number of nitrogens with one attached hydrogen (secondary N) is 1. The highest BCUT2D eigenvalue weighted by atomic mass is 32.2. The molecule has 124 valence electrons. The van der Waals surface area contributed by atoms with E-state index in [1.165, 1.54) is 10.5 Å². The Morgan fingerprint density at radius 1 is 1.45 bits per heavy atom. The van der Waals surface area contributed by atoms with Crippen molar-refractivity contribution in [3.8, 4) is 0 Å². The first-order valence-corrected chi connectivity index (χ1v) is 8.95. The quantitative estimate of drug-likeness (QED) is 0.787. The smallest absolute Gasteiger partial charge is 0.246 e. The fraction of sp³-hybridized carbons (Fsp3) is 0.769. The van der Waals surface area contributed by atoms with Crippen LogP contribution in [0.1, 0.15) is 6.92 Å². The first-order valence-electron chi connectivity index (χ1n) is 7.51. The molecule has 2 aliphatic rings. The van der Waals surface area contributed by atoms with Crippen LogP contribution >= 0.6 is 0 Å². The summed E-state index contributed by atoms with van der Waals surface area (Å²) in [5.74, 6) is 0. The van der Waals surface area contributed by atoms with E-state index in [-0.39, 0.29) is 4.90 Å². The number of ether oxygens (including phenoxy) is 2. The Hall–Kier alpha value is -1.00. The Bertz CT molecular complexity index is 607. The highest BCUT2D eigenvalue weighted by Crippen LogP contribution is 2.25. The van der Waals surface area contributed by atoms with Gasteiger partial charge in [-0.1, -0.05) is 0 Å². The Labute approximate surface area is 130 Å². The van der Waals surface area contributed by atoms with Gasteiger partial charge >= 0.3 is 0 Å². The predicted molar refractivity (Wildman–Crippen MR) is 79.0 cm³/mol. The Morgan fingerprint density at radius 3 is 3.09 bits per heavy atom. The minimum atomic E-state index is -3.55. The van der Waals surface area contributed by atoms with Crippen molar-refractivity contribution in [2.75, 3.05) is 46.0 Å². The SMILES string of the molecule is CCn1cc(S(=O)(=O)N2CCO[C@]3(CNCCOC3)C2)cn1. The van der Waals surface area contributed by atoms with Gasteiger partial charge in [-0.05, 0) is 6.92 Å². The molecule has 0 amide bonds. The molecule has 0 radical (unpaired) electrons. The molecule has 8 nitrogen and oxygen atoms in total. The molecule has 2 saturated heterocycles. The molecule has 1 atom stereocenters. The van der Waals surface area contributed by atoms with Crippen molar-refractivity contribution in [3.05, 3.63) is 12.4 Å². The van der Waals surface area contributed by atoms with Gasteiger partial charge in [0.2, 0.25) is 10.0 Å². The van der Waals surface area contributed by atoms with Crippen LogP contribution in [0.4, 0.5) is 0 Å². The van der Waals surface area contributed by atoms with E-state index in [1.54, 1.807) is 10.9 Å². The molecule has 22 heavy (non-hydrogen) atoms. The maximum Gasteiger partial charge on any atom is 0.246 e. The zero-order chi connectivity index (χ0) is 15.6. The summed E-state index contributed by atoms with van der Waals surface area (Å²) < 4.78 is 40.1. The Balaban J connectivity index is 1.81. The maximum atomic E-state index is 12.8. The lowest BCUT2D eigenvalue weighted by molar-refractivity contribution is -0.118. The molecule has 3 rings (SSSR count). The number of sulfonamides is 1. The van der Waals surface area contributed by atoms with Crippen LogP contribution < -0.4 is 5.32 Å². The highest BCUT2D eigenvalue weighted by molar-refractivity contribution is 7.89. The summed E-state index contributed by atoms with van der Waals surface area (Å²) in [7, 11) is -3.55. The van der Waals surface area contributed by atoms with E-state index in [0.29, 0.717) is 46.0 Å². The minimum absolute atomic E-state index is 0.230. The van der Waals surface area contributed by atoms with Crippen LogP contribution in [0.5, 0.6) is 0 Å². The summed E-state index contributed by atoms with van der Waals surface area (Å²) in [4.78, 5) is 0.230. The van der Waals surface area contributed by atoms with Gasteiger partial charge in [-0.2, -0.15) is 9.40 Å². The standard InChI is InChI=1S/C13H22N4O4S/c1-2-16-8-12(7-15-16)22(18,19)17-4-6-21-13(10-17)9-14-3-5-20-11-13/h7-8,14H,2-6,9-11H2,1H3/t13-/m1/s1. The molecule has 0 aliphatic carbocycles. The third-order valence-electron chi connectivity index (χ3n) is 4.02. The molecule has 1 spiro atoms. The summed E-state index contributed by atoms with van der Waals surface area (Å²) in [6.07, 6.45) is 2.97. The predicted octanol–water partition coefficient (Wildman–Crippen LogP) is -0.717. The molecule has 9 heteroatoms. The average molecular weight is 330 g/mol. The summed E-state index contributed by atoms with van der Waals surface area (Å²) in [6, 6.07) is 0. The third-order valence-corrected chi connectivity index (χ3v) is 5.82. The van der Waals surface area contributed by atoms with Crippen LogP contribution in [0.25, 0.3) is 0 Å². The summed E-state index contributed by atoms with van der Waals surface area (Å²) in [5, 5.41) is 7.30. The third kappa shape index (κ3) is 3.04. The van der Waals surface area contributed by atoms with Crippen molar-refractivity contribution in [1.82, 2.24) is 19.4 Å². The zero-order valence-electron chi connectivity index (χ0n) is 12.7. The first-order chi connectivity index (χ1) is 10.6. The number of morpholine rings is 1. The van der Waals surface area contributed by atoms with Crippen molar-refractivity contribution in [1.29, 1.82) is 0 Å². The van der Waals surface area contributed by atoms with E-state index in [4.69, 9.17) is 9.47 Å². The van der Waals surface area contributed by atoms with Gasteiger partial charge in [-0.3, -0.25) is 4.68 Å². The Kier molecular flexibility index (Phi) is 4.51. The van der Waals surface area contributed by atoms with Crippen LogP contribution in [-0.2, 0) is 26.0 Å². The van der Waals surface area contributed by atoms with Crippen molar-refractivity contribution < 1.29 is 17.9 Å². The van der Waals surface area contributed by atoms with E-state index >= 15 is 0 Å². The van der Waals surface area contributed by atoms with E-state index in [9.17, 15) is 8.42 Å². The molecule has 0 saturated carbocycles. The molecule has 1 N–H and O–H groups in total. The van der Waals surface area contributed by atoms with E-state index < -0.39 is 15.6 Å². The van der Waals surface area contributed by atoms with Gasteiger partial charge in [0.1, 0.15) is 10.5 Å². The fourth-order valence-electron chi connectivity index (χ4n) is 2.78. The van der Waals surface area contributed by atoms with Gasteiger partial charge in [-0.15, -0.1) is 0 Å². The van der Waals surface area contributed by atoms with Gasteiger partial charge in [0.25, 0.3) is 0 Å². The molecule has 1 aromatic rings. The molecular weight excluding hydrogens is 308 g/mol. The molecule has 3 heterocycles. The minimum Gasteiger partial charge on any atom is -0.377 e. The number of hydrogen-bond acceptors (Lipinski definition) is 6. The van der Waals surface area contributed by atoms with Crippen LogP contribution in [0.15, 0.2) is 17.3 Å². The lowest BCUT2D eigenvalue weighted by Crippen LogP contribution is -2.59. The topological polar surface area (TPSA) is 85.7 Å². The lowest BCUT2D eigenvalue weighted by atomic mass is 10.0. The fourth-order valence-corrected chi connectivity index (χ4v) is 4.23. The van der Waals surface area contributed by atoms with Crippen molar-refractivity contribution in [3.63, 3.8) is 0 Å². The van der Waals surface area contributed by atoms with Gasteiger partial charge in [0.05, 0.1) is 26.0 Å². The highest BCUT2D eigenvalue weighted by Gasteiger charge is 2.42. The van der Waals surface area contributed by atoms with Crippen molar-refractivity contribution in [2.45, 2.75) is 24.0 Å². The summed E-state index contributed by atoms with van der Waals surface area (Å²) >= 11 is 0. The van der Waals surface area contributed by atoms with E-state index in [0.717, 1.165) is 6.54 Å². The van der Waals surface area contributed by atoms with Gasteiger partial charge in [0.15, 0.2) is 0 Å². The molecular formula is C13H22N4O4S. The average Bonchev–Trinajstić information content (AvgIpc) is 2.91. The molecule has 0 unspecified atom stereocenters. The lowest BCUT2D eigenvalue weighted by Gasteiger charge is -2.40. The normalized spacial score (nSPS) is 27.9. The van der Waals surface area contributed by atoms with Crippen molar-refractivity contribution >= 4 is 10.0 Å². The Morgan fingerprint density at radius 2 is 2.32 bits per heavy atom.